The molecular formula is C18H27NO3. The van der Waals surface area contributed by atoms with Crippen LogP contribution in [-0.2, 0) is 4.79 Å². The Kier molecular flexibility index (Phi) is 6.10. The quantitative estimate of drug-likeness (QED) is 0.784. The lowest BCUT2D eigenvalue weighted by molar-refractivity contribution is -0.121. The summed E-state index contributed by atoms with van der Waals surface area (Å²) in [5.74, 6) is 2.30. The summed E-state index contributed by atoms with van der Waals surface area (Å²) >= 11 is 0. The number of rotatable bonds is 7. The van der Waals surface area contributed by atoms with Crippen molar-refractivity contribution in [3.63, 3.8) is 0 Å². The number of amides is 1. The van der Waals surface area contributed by atoms with Crippen LogP contribution in [0.1, 0.15) is 51.5 Å². The average molecular weight is 305 g/mol. The first kappa shape index (κ1) is 16.7. The van der Waals surface area contributed by atoms with Crippen molar-refractivity contribution in [3.05, 3.63) is 23.8 Å². The smallest absolute Gasteiger partial charge is 0.220 e. The number of hydrogen-bond donors (Lipinski definition) is 1. The number of fused-ring (bicyclic) bond motifs is 1. The van der Waals surface area contributed by atoms with Crippen LogP contribution in [0.15, 0.2) is 18.2 Å². The maximum absolute atomic E-state index is 12.1. The van der Waals surface area contributed by atoms with E-state index in [1.54, 1.807) is 0 Å². The van der Waals surface area contributed by atoms with Crippen LogP contribution in [0, 0.1) is 5.92 Å². The Labute approximate surface area is 133 Å². The molecule has 4 heteroatoms. The Hall–Kier alpha value is -1.71. The minimum Gasteiger partial charge on any atom is -0.486 e. The van der Waals surface area contributed by atoms with Gasteiger partial charge in [-0.2, -0.15) is 0 Å². The fraction of sp³-hybridized carbons (Fsp3) is 0.611. The number of carbonyl (C=O) groups excluding carboxylic acids is 1. The molecule has 0 aromatic heterocycles. The van der Waals surface area contributed by atoms with Crippen LogP contribution in [0.5, 0.6) is 11.5 Å². The lowest BCUT2D eigenvalue weighted by Gasteiger charge is -2.24. The van der Waals surface area contributed by atoms with Crippen molar-refractivity contribution in [3.8, 4) is 11.5 Å². The first-order valence-corrected chi connectivity index (χ1v) is 8.28. The fourth-order valence-corrected chi connectivity index (χ4v) is 2.71. The van der Waals surface area contributed by atoms with Crippen molar-refractivity contribution in [1.82, 2.24) is 5.32 Å². The summed E-state index contributed by atoms with van der Waals surface area (Å²) in [6.45, 7) is 8.38. The van der Waals surface area contributed by atoms with E-state index >= 15 is 0 Å². The Morgan fingerprint density at radius 2 is 1.95 bits per heavy atom. The van der Waals surface area contributed by atoms with Gasteiger partial charge in [-0.1, -0.05) is 33.3 Å². The monoisotopic (exact) mass is 305 g/mol. The predicted octanol–water partition coefficient (Wildman–Crippen LogP) is 3.50. The van der Waals surface area contributed by atoms with Crippen molar-refractivity contribution >= 4 is 5.91 Å². The summed E-state index contributed by atoms with van der Waals surface area (Å²) in [6, 6.07) is 6.03. The van der Waals surface area contributed by atoms with Gasteiger partial charge in [0.2, 0.25) is 5.91 Å². The Morgan fingerprint density at radius 3 is 2.64 bits per heavy atom. The molecule has 0 spiro atoms. The van der Waals surface area contributed by atoms with Crippen LogP contribution in [0.3, 0.4) is 0 Å². The van der Waals surface area contributed by atoms with Gasteiger partial charge in [-0.3, -0.25) is 4.79 Å². The van der Waals surface area contributed by atoms with Gasteiger partial charge in [-0.05, 0) is 36.0 Å². The first-order valence-electron chi connectivity index (χ1n) is 8.28. The third-order valence-corrected chi connectivity index (χ3v) is 4.06. The van der Waals surface area contributed by atoms with Gasteiger partial charge in [0.15, 0.2) is 11.5 Å². The predicted molar refractivity (Wildman–Crippen MR) is 87.5 cm³/mol. The van der Waals surface area contributed by atoms with Gasteiger partial charge >= 0.3 is 0 Å². The minimum absolute atomic E-state index is 0.127. The van der Waals surface area contributed by atoms with E-state index in [4.69, 9.17) is 9.47 Å². The van der Waals surface area contributed by atoms with E-state index in [1.165, 1.54) is 0 Å². The van der Waals surface area contributed by atoms with Gasteiger partial charge in [0, 0.05) is 13.0 Å². The lowest BCUT2D eigenvalue weighted by Crippen LogP contribution is -2.27. The summed E-state index contributed by atoms with van der Waals surface area (Å²) in [6.07, 6.45) is 2.64. The fourth-order valence-electron chi connectivity index (χ4n) is 2.71. The van der Waals surface area contributed by atoms with Crippen LogP contribution in [0.4, 0.5) is 0 Å². The standard InChI is InChI=1S/C18H27NO3/c1-4-5-8-19-18(20)12-15(13(2)3)14-6-7-16-17(11-14)22-10-9-21-16/h6-7,11,13,15H,4-5,8-10,12H2,1-3H3,(H,19,20). The van der Waals surface area contributed by atoms with Crippen LogP contribution in [-0.4, -0.2) is 25.7 Å². The second-order valence-electron chi connectivity index (χ2n) is 6.16. The lowest BCUT2D eigenvalue weighted by atomic mass is 9.85. The largest absolute Gasteiger partial charge is 0.486 e. The molecule has 4 nitrogen and oxygen atoms in total. The molecule has 1 atom stereocenters. The third-order valence-electron chi connectivity index (χ3n) is 4.06. The summed E-state index contributed by atoms with van der Waals surface area (Å²) in [4.78, 5) is 12.1. The van der Waals surface area contributed by atoms with Crippen LogP contribution < -0.4 is 14.8 Å². The Morgan fingerprint density at radius 1 is 1.23 bits per heavy atom. The molecule has 22 heavy (non-hydrogen) atoms. The van der Waals surface area contributed by atoms with E-state index in [2.05, 4.69) is 32.2 Å². The molecule has 122 valence electrons. The zero-order valence-electron chi connectivity index (χ0n) is 13.9. The second kappa shape index (κ2) is 8.06. The highest BCUT2D eigenvalue weighted by Crippen LogP contribution is 2.36. The molecule has 0 fully saturated rings. The minimum atomic E-state index is 0.127. The summed E-state index contributed by atoms with van der Waals surface area (Å²) < 4.78 is 11.2. The summed E-state index contributed by atoms with van der Waals surface area (Å²) in [5.41, 5.74) is 1.14. The van der Waals surface area contributed by atoms with Crippen molar-refractivity contribution in [1.29, 1.82) is 0 Å². The molecule has 0 saturated heterocycles. The highest BCUT2D eigenvalue weighted by atomic mass is 16.6. The number of carbonyl (C=O) groups is 1. The normalized spacial score (nSPS) is 14.7. The zero-order chi connectivity index (χ0) is 15.9. The summed E-state index contributed by atoms with van der Waals surface area (Å²) in [5, 5.41) is 3.01. The van der Waals surface area contributed by atoms with Gasteiger partial charge in [-0.25, -0.2) is 0 Å². The Bertz CT molecular complexity index is 499. The molecule has 1 aromatic carbocycles. The highest BCUT2D eigenvalue weighted by Gasteiger charge is 2.22. The zero-order valence-corrected chi connectivity index (χ0v) is 13.9. The van der Waals surface area contributed by atoms with Gasteiger partial charge in [-0.15, -0.1) is 0 Å². The topological polar surface area (TPSA) is 47.6 Å². The molecule has 1 unspecified atom stereocenters. The number of nitrogens with one attached hydrogen (secondary N) is 1. The van der Waals surface area contributed by atoms with Crippen LogP contribution in [0.25, 0.3) is 0 Å². The van der Waals surface area contributed by atoms with E-state index in [9.17, 15) is 4.79 Å². The number of benzene rings is 1. The van der Waals surface area contributed by atoms with Gasteiger partial charge < -0.3 is 14.8 Å². The van der Waals surface area contributed by atoms with E-state index in [-0.39, 0.29) is 11.8 Å². The number of unbranched alkanes of at least 4 members (excludes halogenated alkanes) is 1. The van der Waals surface area contributed by atoms with Crippen molar-refractivity contribution < 1.29 is 14.3 Å². The van der Waals surface area contributed by atoms with Gasteiger partial charge in [0.25, 0.3) is 0 Å². The highest BCUT2D eigenvalue weighted by molar-refractivity contribution is 5.77. The van der Waals surface area contributed by atoms with Gasteiger partial charge in [0.1, 0.15) is 13.2 Å². The van der Waals surface area contributed by atoms with E-state index < -0.39 is 0 Å². The molecule has 1 amide bonds. The molecule has 1 aliphatic heterocycles. The molecular weight excluding hydrogens is 278 g/mol. The SMILES string of the molecule is CCCCNC(=O)CC(c1ccc2c(c1)OCCO2)C(C)C. The van der Waals surface area contributed by atoms with E-state index in [0.29, 0.717) is 25.6 Å². The van der Waals surface area contributed by atoms with Crippen LogP contribution >= 0.6 is 0 Å². The second-order valence-corrected chi connectivity index (χ2v) is 6.16. The third kappa shape index (κ3) is 4.39. The number of hydrogen-bond acceptors (Lipinski definition) is 3. The molecule has 1 aromatic rings. The first-order chi connectivity index (χ1) is 10.6. The average Bonchev–Trinajstić information content (AvgIpc) is 2.52. The van der Waals surface area contributed by atoms with E-state index in [0.717, 1.165) is 36.4 Å². The van der Waals surface area contributed by atoms with Crippen molar-refractivity contribution in [2.75, 3.05) is 19.8 Å². The number of ether oxygens (including phenoxy) is 2. The molecule has 1 N–H and O–H groups in total. The maximum Gasteiger partial charge on any atom is 0.220 e. The van der Waals surface area contributed by atoms with Crippen LogP contribution in [0.2, 0.25) is 0 Å². The molecule has 1 heterocycles. The van der Waals surface area contributed by atoms with Gasteiger partial charge in [0.05, 0.1) is 0 Å². The molecule has 0 bridgehead atoms. The molecule has 1 aliphatic rings. The molecule has 2 rings (SSSR count). The van der Waals surface area contributed by atoms with E-state index in [1.807, 2.05) is 12.1 Å². The molecule has 0 aliphatic carbocycles. The van der Waals surface area contributed by atoms with Crippen molar-refractivity contribution in [2.45, 2.75) is 46.0 Å². The Balaban J connectivity index is 2.06. The maximum atomic E-state index is 12.1. The molecule has 0 radical (unpaired) electrons. The van der Waals surface area contributed by atoms with Crippen molar-refractivity contribution in [2.24, 2.45) is 5.92 Å². The molecule has 0 saturated carbocycles. The summed E-state index contributed by atoms with van der Waals surface area (Å²) in [7, 11) is 0.